The molecule has 0 spiro atoms. The third-order valence-corrected chi connectivity index (χ3v) is 9.01. The number of hydrogen-bond donors (Lipinski definition) is 3. The smallest absolute Gasteiger partial charge is 0.264 e. The van der Waals surface area contributed by atoms with Crippen LogP contribution in [0.15, 0.2) is 87.4 Å². The first-order chi connectivity index (χ1) is 20.9. The van der Waals surface area contributed by atoms with Crippen LogP contribution < -0.4 is 21.3 Å². The minimum atomic E-state index is -0.277. The SMILES string of the molecule is Nn1c(N/N=C/c2ccccc2OCc2ccc(Cl)cc2)nnc1SCC(=O)Nc1nnc(SCc2ccc(Cl)cc2)s1. The van der Waals surface area contributed by atoms with Crippen LogP contribution in [0.4, 0.5) is 11.1 Å². The topological polar surface area (TPSA) is 145 Å². The van der Waals surface area contributed by atoms with E-state index in [-0.39, 0.29) is 17.6 Å². The first-order valence-corrected chi connectivity index (χ1v) is 16.1. The lowest BCUT2D eigenvalue weighted by atomic mass is 10.2. The predicted molar refractivity (Wildman–Crippen MR) is 174 cm³/mol. The highest BCUT2D eigenvalue weighted by atomic mass is 35.5. The summed E-state index contributed by atoms with van der Waals surface area (Å²) in [7, 11) is 0. The van der Waals surface area contributed by atoms with Gasteiger partial charge in [0, 0.05) is 21.4 Å². The molecule has 0 radical (unpaired) electrons. The highest BCUT2D eigenvalue weighted by Crippen LogP contribution is 2.29. The van der Waals surface area contributed by atoms with E-state index in [0.717, 1.165) is 32.8 Å². The van der Waals surface area contributed by atoms with Crippen molar-refractivity contribution < 1.29 is 9.53 Å². The lowest BCUT2D eigenvalue weighted by Gasteiger charge is -2.09. The van der Waals surface area contributed by atoms with Gasteiger partial charge in [0.2, 0.25) is 16.2 Å². The molecular weight excluding hydrogens is 649 g/mol. The third-order valence-electron chi connectivity index (χ3n) is 5.52. The molecule has 3 aromatic carbocycles. The van der Waals surface area contributed by atoms with E-state index in [1.54, 1.807) is 6.21 Å². The number of rotatable bonds is 13. The van der Waals surface area contributed by atoms with Crippen LogP contribution >= 0.6 is 58.1 Å². The second kappa shape index (κ2) is 15.1. The summed E-state index contributed by atoms with van der Waals surface area (Å²) in [5.74, 6) is 7.44. The summed E-state index contributed by atoms with van der Waals surface area (Å²) < 4.78 is 7.91. The van der Waals surface area contributed by atoms with Gasteiger partial charge in [-0.3, -0.25) is 10.1 Å². The number of nitrogens with one attached hydrogen (secondary N) is 2. The summed E-state index contributed by atoms with van der Waals surface area (Å²) in [4.78, 5) is 12.5. The first kappa shape index (κ1) is 30.6. The summed E-state index contributed by atoms with van der Waals surface area (Å²) >= 11 is 15.8. The maximum atomic E-state index is 12.5. The summed E-state index contributed by atoms with van der Waals surface area (Å²) in [6, 6.07) is 22.5. The number of hydrazone groups is 1. The molecule has 43 heavy (non-hydrogen) atoms. The molecule has 5 aromatic rings. The standard InChI is InChI=1S/C27H23Cl2N9O2S3/c28-20-9-5-17(6-10-20)14-40-22-4-2-1-3-19(22)13-31-33-24-34-36-26(38(24)30)41-16-23(39)32-25-35-37-27(43-25)42-15-18-7-11-21(29)12-8-18/h1-13H,14-16,30H2,(H,33,34)(H,32,35,39)/b31-13+. The second-order valence-electron chi connectivity index (χ2n) is 8.62. The lowest BCUT2D eigenvalue weighted by Crippen LogP contribution is -2.16. The van der Waals surface area contributed by atoms with Gasteiger partial charge in [0.25, 0.3) is 5.95 Å². The molecule has 2 heterocycles. The van der Waals surface area contributed by atoms with E-state index in [1.165, 1.54) is 27.8 Å². The van der Waals surface area contributed by atoms with Crippen molar-refractivity contribution in [2.45, 2.75) is 21.9 Å². The molecule has 0 unspecified atom stereocenters. The molecule has 0 atom stereocenters. The average Bonchev–Trinajstić information content (AvgIpc) is 3.61. The number of hydrogen-bond acceptors (Lipinski definition) is 12. The molecule has 16 heteroatoms. The molecule has 0 fully saturated rings. The Morgan fingerprint density at radius 1 is 0.953 bits per heavy atom. The largest absolute Gasteiger partial charge is 0.488 e. The van der Waals surface area contributed by atoms with Crippen LogP contribution in [0.25, 0.3) is 0 Å². The fraction of sp³-hybridized carbons (Fsp3) is 0.111. The number of benzene rings is 3. The number of anilines is 2. The minimum Gasteiger partial charge on any atom is -0.488 e. The van der Waals surface area contributed by atoms with Crippen LogP contribution in [0.1, 0.15) is 16.7 Å². The number of nitrogen functional groups attached to an aromatic ring is 1. The molecule has 0 aliphatic rings. The van der Waals surface area contributed by atoms with E-state index < -0.39 is 0 Å². The molecule has 4 N–H and O–H groups in total. The zero-order chi connectivity index (χ0) is 30.0. The molecule has 0 aliphatic carbocycles. The van der Waals surface area contributed by atoms with Gasteiger partial charge >= 0.3 is 0 Å². The van der Waals surface area contributed by atoms with E-state index >= 15 is 0 Å². The molecule has 0 aliphatic heterocycles. The summed E-state index contributed by atoms with van der Waals surface area (Å²) in [6.45, 7) is 0.379. The van der Waals surface area contributed by atoms with Crippen LogP contribution in [0.5, 0.6) is 5.75 Å². The van der Waals surface area contributed by atoms with Crippen LogP contribution in [-0.4, -0.2) is 42.9 Å². The molecule has 2 aromatic heterocycles. The number of para-hydroxylation sites is 1. The molecule has 11 nitrogen and oxygen atoms in total. The highest BCUT2D eigenvalue weighted by molar-refractivity contribution is 8.00. The van der Waals surface area contributed by atoms with Gasteiger partial charge in [-0.15, -0.1) is 20.4 Å². The number of ether oxygens (including phenoxy) is 1. The van der Waals surface area contributed by atoms with Crippen LogP contribution in [-0.2, 0) is 17.2 Å². The number of nitrogens with zero attached hydrogens (tertiary/aromatic N) is 6. The summed E-state index contributed by atoms with van der Waals surface area (Å²) in [5.41, 5.74) is 5.62. The third kappa shape index (κ3) is 9.08. The van der Waals surface area contributed by atoms with Crippen molar-refractivity contribution in [3.8, 4) is 5.75 Å². The minimum absolute atomic E-state index is 0.0454. The van der Waals surface area contributed by atoms with Gasteiger partial charge in [-0.2, -0.15) is 5.10 Å². The molecule has 0 bridgehead atoms. The van der Waals surface area contributed by atoms with Crippen molar-refractivity contribution in [2.24, 2.45) is 5.10 Å². The number of carbonyl (C=O) groups excluding carboxylic acids is 1. The van der Waals surface area contributed by atoms with Crippen molar-refractivity contribution in [2.75, 3.05) is 22.3 Å². The Balaban J connectivity index is 1.08. The van der Waals surface area contributed by atoms with E-state index in [1.807, 2.05) is 72.8 Å². The molecule has 220 valence electrons. The Bertz CT molecular complexity index is 1700. The molecule has 0 saturated carbocycles. The van der Waals surface area contributed by atoms with E-state index in [0.29, 0.717) is 38.4 Å². The van der Waals surface area contributed by atoms with Crippen molar-refractivity contribution in [1.82, 2.24) is 25.1 Å². The number of amides is 1. The predicted octanol–water partition coefficient (Wildman–Crippen LogP) is 6.20. The quantitative estimate of drug-likeness (QED) is 0.0435. The van der Waals surface area contributed by atoms with Gasteiger partial charge in [0.15, 0.2) is 4.34 Å². The second-order valence-corrected chi connectivity index (χ2v) is 12.6. The highest BCUT2D eigenvalue weighted by Gasteiger charge is 2.14. The number of aromatic nitrogens is 5. The van der Waals surface area contributed by atoms with Crippen molar-refractivity contribution in [1.29, 1.82) is 0 Å². The monoisotopic (exact) mass is 671 g/mol. The van der Waals surface area contributed by atoms with E-state index in [2.05, 4.69) is 36.2 Å². The Morgan fingerprint density at radius 2 is 1.67 bits per heavy atom. The van der Waals surface area contributed by atoms with Crippen molar-refractivity contribution >= 4 is 81.3 Å². The van der Waals surface area contributed by atoms with Crippen LogP contribution in [0.2, 0.25) is 10.0 Å². The lowest BCUT2D eigenvalue weighted by molar-refractivity contribution is -0.113. The fourth-order valence-electron chi connectivity index (χ4n) is 3.40. The Hall–Kier alpha value is -3.82. The molecule has 5 rings (SSSR count). The van der Waals surface area contributed by atoms with Gasteiger partial charge in [-0.25, -0.2) is 10.1 Å². The van der Waals surface area contributed by atoms with Gasteiger partial charge in [0.05, 0.1) is 12.0 Å². The van der Waals surface area contributed by atoms with Gasteiger partial charge in [-0.05, 0) is 47.5 Å². The Labute approximate surface area is 269 Å². The van der Waals surface area contributed by atoms with Gasteiger partial charge < -0.3 is 10.6 Å². The van der Waals surface area contributed by atoms with Crippen molar-refractivity contribution in [3.63, 3.8) is 0 Å². The number of thioether (sulfide) groups is 2. The zero-order valence-corrected chi connectivity index (χ0v) is 26.1. The van der Waals surface area contributed by atoms with Gasteiger partial charge in [-0.1, -0.05) is 94.5 Å². The number of halogens is 2. The summed E-state index contributed by atoms with van der Waals surface area (Å²) in [5, 5.41) is 25.3. The zero-order valence-electron chi connectivity index (χ0n) is 22.2. The first-order valence-electron chi connectivity index (χ1n) is 12.5. The maximum absolute atomic E-state index is 12.5. The van der Waals surface area contributed by atoms with Gasteiger partial charge in [0.1, 0.15) is 12.4 Å². The molecule has 1 amide bonds. The Kier molecular flexibility index (Phi) is 10.7. The number of nitrogens with two attached hydrogens (primary N) is 1. The fourth-order valence-corrected chi connectivity index (χ4v) is 6.03. The average molecular weight is 673 g/mol. The van der Waals surface area contributed by atoms with Crippen molar-refractivity contribution in [3.05, 3.63) is 99.5 Å². The van der Waals surface area contributed by atoms with Crippen LogP contribution in [0, 0.1) is 0 Å². The van der Waals surface area contributed by atoms with E-state index in [4.69, 9.17) is 33.8 Å². The van der Waals surface area contributed by atoms with E-state index in [9.17, 15) is 4.79 Å². The van der Waals surface area contributed by atoms with Crippen LogP contribution in [0.3, 0.4) is 0 Å². The Morgan fingerprint density at radius 3 is 2.44 bits per heavy atom. The molecular formula is C27H23Cl2N9O2S3. The number of carbonyl (C=O) groups is 1. The summed E-state index contributed by atoms with van der Waals surface area (Å²) in [6.07, 6.45) is 1.59. The maximum Gasteiger partial charge on any atom is 0.264 e. The molecule has 0 saturated heterocycles. The normalized spacial score (nSPS) is 11.1.